The van der Waals surface area contributed by atoms with Crippen LogP contribution in [-0.2, 0) is 17.8 Å². The molecule has 2 aromatic carbocycles. The summed E-state index contributed by atoms with van der Waals surface area (Å²) in [5.41, 5.74) is 2.26. The van der Waals surface area contributed by atoms with Crippen LogP contribution < -0.4 is 10.6 Å². The molecule has 0 fully saturated rings. The van der Waals surface area contributed by atoms with Gasteiger partial charge in [0.25, 0.3) is 0 Å². The molecule has 2 heterocycles. The molecule has 0 saturated heterocycles. The Kier molecular flexibility index (Phi) is 5.16. The summed E-state index contributed by atoms with van der Waals surface area (Å²) < 4.78 is 5.93. The number of fused-ring (bicyclic) bond motifs is 2. The first-order valence-electron chi connectivity index (χ1n) is 10.0. The zero-order valence-electron chi connectivity index (χ0n) is 17.1. The van der Waals surface area contributed by atoms with Crippen LogP contribution in [0, 0.1) is 0 Å². The van der Waals surface area contributed by atoms with Gasteiger partial charge in [-0.05, 0) is 44.5 Å². The number of para-hydroxylation sites is 2. The minimum absolute atomic E-state index is 0.0195. The van der Waals surface area contributed by atoms with E-state index in [1.54, 1.807) is 0 Å². The molecule has 4 rings (SSSR count). The SMILES string of the molecule is CC(C)NC(=O)C(C)(Cc1c[nH]c2ccccc12)NCc1cc2ccccc2o1. The summed E-state index contributed by atoms with van der Waals surface area (Å²) >= 11 is 0. The van der Waals surface area contributed by atoms with Crippen molar-refractivity contribution in [3.8, 4) is 0 Å². The van der Waals surface area contributed by atoms with E-state index in [0.717, 1.165) is 33.2 Å². The zero-order valence-corrected chi connectivity index (χ0v) is 17.1. The zero-order chi connectivity index (χ0) is 20.4. The number of carbonyl (C=O) groups is 1. The third-order valence-corrected chi connectivity index (χ3v) is 5.27. The molecule has 0 radical (unpaired) electrons. The Morgan fingerprint density at radius 1 is 1.14 bits per heavy atom. The maximum Gasteiger partial charge on any atom is 0.240 e. The van der Waals surface area contributed by atoms with E-state index in [4.69, 9.17) is 4.42 Å². The van der Waals surface area contributed by atoms with E-state index < -0.39 is 5.54 Å². The van der Waals surface area contributed by atoms with Crippen LogP contribution in [0.25, 0.3) is 21.9 Å². The van der Waals surface area contributed by atoms with Crippen LogP contribution in [-0.4, -0.2) is 22.5 Å². The number of furan rings is 1. The first kappa shape index (κ1) is 19.3. The fourth-order valence-corrected chi connectivity index (χ4v) is 3.71. The van der Waals surface area contributed by atoms with Crippen molar-refractivity contribution in [2.45, 2.75) is 45.3 Å². The highest BCUT2D eigenvalue weighted by Gasteiger charge is 2.34. The van der Waals surface area contributed by atoms with Crippen molar-refractivity contribution in [1.82, 2.24) is 15.6 Å². The molecule has 150 valence electrons. The molecule has 0 saturated carbocycles. The van der Waals surface area contributed by atoms with Crippen molar-refractivity contribution in [2.75, 3.05) is 0 Å². The molecular weight excluding hydrogens is 362 g/mol. The van der Waals surface area contributed by atoms with Gasteiger partial charge in [0.05, 0.1) is 12.1 Å². The maximum absolute atomic E-state index is 13.1. The van der Waals surface area contributed by atoms with E-state index in [2.05, 4.69) is 21.7 Å². The molecule has 5 nitrogen and oxygen atoms in total. The monoisotopic (exact) mass is 389 g/mol. The van der Waals surface area contributed by atoms with Crippen molar-refractivity contribution >= 4 is 27.8 Å². The van der Waals surface area contributed by atoms with Gasteiger partial charge in [-0.25, -0.2) is 0 Å². The number of H-pyrrole nitrogens is 1. The number of aromatic amines is 1. The van der Waals surface area contributed by atoms with Crippen molar-refractivity contribution in [3.63, 3.8) is 0 Å². The number of rotatable bonds is 7. The molecule has 3 N–H and O–H groups in total. The van der Waals surface area contributed by atoms with Crippen LogP contribution in [0.15, 0.2) is 65.2 Å². The van der Waals surface area contributed by atoms with Gasteiger partial charge >= 0.3 is 0 Å². The highest BCUT2D eigenvalue weighted by Crippen LogP contribution is 2.24. The first-order valence-corrected chi connectivity index (χ1v) is 10.0. The van der Waals surface area contributed by atoms with Crippen LogP contribution in [0.4, 0.5) is 0 Å². The number of aromatic nitrogens is 1. The van der Waals surface area contributed by atoms with Crippen molar-refractivity contribution in [2.24, 2.45) is 0 Å². The lowest BCUT2D eigenvalue weighted by atomic mass is 9.91. The van der Waals surface area contributed by atoms with Gasteiger partial charge in [-0.1, -0.05) is 36.4 Å². The second-order valence-electron chi connectivity index (χ2n) is 8.10. The molecule has 0 spiro atoms. The summed E-state index contributed by atoms with van der Waals surface area (Å²) in [5.74, 6) is 0.794. The van der Waals surface area contributed by atoms with E-state index in [1.807, 2.05) is 75.5 Å². The van der Waals surface area contributed by atoms with Crippen LogP contribution in [0.3, 0.4) is 0 Å². The van der Waals surface area contributed by atoms with Gasteiger partial charge in [0, 0.05) is 34.9 Å². The predicted octanol–water partition coefficient (Wildman–Crippen LogP) is 4.53. The lowest BCUT2D eigenvalue weighted by molar-refractivity contribution is -0.127. The average Bonchev–Trinajstić information content (AvgIpc) is 3.30. The first-order chi connectivity index (χ1) is 13.9. The van der Waals surface area contributed by atoms with E-state index >= 15 is 0 Å². The number of benzene rings is 2. The Balaban J connectivity index is 1.60. The van der Waals surface area contributed by atoms with Crippen LogP contribution in [0.5, 0.6) is 0 Å². The molecule has 0 aliphatic heterocycles. The lowest BCUT2D eigenvalue weighted by Crippen LogP contribution is -2.57. The van der Waals surface area contributed by atoms with Crippen LogP contribution in [0.2, 0.25) is 0 Å². The van der Waals surface area contributed by atoms with Gasteiger partial charge in [0.15, 0.2) is 0 Å². The molecule has 5 heteroatoms. The quantitative estimate of drug-likeness (QED) is 0.435. The molecule has 29 heavy (non-hydrogen) atoms. The molecule has 1 unspecified atom stereocenters. The lowest BCUT2D eigenvalue weighted by Gasteiger charge is -2.30. The van der Waals surface area contributed by atoms with Gasteiger partial charge in [-0.2, -0.15) is 0 Å². The molecule has 1 amide bonds. The fourth-order valence-electron chi connectivity index (χ4n) is 3.71. The minimum Gasteiger partial charge on any atom is -0.460 e. The van der Waals surface area contributed by atoms with Crippen molar-refractivity contribution in [3.05, 3.63) is 72.1 Å². The van der Waals surface area contributed by atoms with Crippen LogP contribution >= 0.6 is 0 Å². The summed E-state index contributed by atoms with van der Waals surface area (Å²) in [5, 5.41) is 8.73. The number of nitrogens with one attached hydrogen (secondary N) is 3. The summed E-state index contributed by atoms with van der Waals surface area (Å²) in [4.78, 5) is 16.4. The summed E-state index contributed by atoms with van der Waals surface area (Å²) in [6.45, 7) is 6.38. The third-order valence-electron chi connectivity index (χ3n) is 5.27. The topological polar surface area (TPSA) is 70.1 Å². The number of hydrogen-bond donors (Lipinski definition) is 3. The summed E-state index contributed by atoms with van der Waals surface area (Å²) in [7, 11) is 0. The second-order valence-corrected chi connectivity index (χ2v) is 8.10. The Bertz CT molecular complexity index is 1110. The largest absolute Gasteiger partial charge is 0.460 e. The molecule has 1 atom stereocenters. The van der Waals surface area contributed by atoms with E-state index in [9.17, 15) is 4.79 Å². The Morgan fingerprint density at radius 2 is 1.90 bits per heavy atom. The molecule has 0 aliphatic carbocycles. The van der Waals surface area contributed by atoms with Gasteiger partial charge in [0.1, 0.15) is 11.3 Å². The Hall–Kier alpha value is -3.05. The second kappa shape index (κ2) is 7.76. The number of carbonyl (C=O) groups excluding carboxylic acids is 1. The standard InChI is InChI=1S/C24H27N3O2/c1-16(2)27-23(28)24(3,13-18-14-25-21-10-6-5-9-20(18)21)26-15-19-12-17-8-4-7-11-22(17)29-19/h4-12,14,16,25-26H,13,15H2,1-3H3,(H,27,28). The summed E-state index contributed by atoms with van der Waals surface area (Å²) in [6.07, 6.45) is 2.56. The van der Waals surface area contributed by atoms with Crippen molar-refractivity contribution < 1.29 is 9.21 Å². The third kappa shape index (κ3) is 4.05. The Labute approximate surface area is 170 Å². The smallest absolute Gasteiger partial charge is 0.240 e. The van der Waals surface area contributed by atoms with Gasteiger partial charge in [-0.15, -0.1) is 0 Å². The maximum atomic E-state index is 13.1. The highest BCUT2D eigenvalue weighted by molar-refractivity contribution is 5.89. The number of hydrogen-bond acceptors (Lipinski definition) is 3. The molecule has 2 aromatic heterocycles. The molecule has 0 bridgehead atoms. The molecule has 0 aliphatic rings. The van der Waals surface area contributed by atoms with Crippen molar-refractivity contribution in [1.29, 1.82) is 0 Å². The van der Waals surface area contributed by atoms with Gasteiger partial charge in [0.2, 0.25) is 5.91 Å². The van der Waals surface area contributed by atoms with Gasteiger partial charge < -0.3 is 14.7 Å². The molecular formula is C24H27N3O2. The highest BCUT2D eigenvalue weighted by atomic mass is 16.3. The van der Waals surface area contributed by atoms with E-state index in [1.165, 1.54) is 0 Å². The van der Waals surface area contributed by atoms with E-state index in [-0.39, 0.29) is 11.9 Å². The van der Waals surface area contributed by atoms with Crippen LogP contribution in [0.1, 0.15) is 32.1 Å². The minimum atomic E-state index is -0.784. The summed E-state index contributed by atoms with van der Waals surface area (Å²) in [6, 6.07) is 18.2. The van der Waals surface area contributed by atoms with E-state index in [0.29, 0.717) is 13.0 Å². The van der Waals surface area contributed by atoms with Gasteiger partial charge in [-0.3, -0.25) is 10.1 Å². The average molecular weight is 389 g/mol. The fraction of sp³-hybridized carbons (Fsp3) is 0.292. The normalized spacial score (nSPS) is 13.8. The Morgan fingerprint density at radius 3 is 2.69 bits per heavy atom. The number of amides is 1. The predicted molar refractivity (Wildman–Crippen MR) is 117 cm³/mol. The molecule has 4 aromatic rings.